The Hall–Kier alpha value is -2.70. The quantitative estimate of drug-likeness (QED) is 0.547. The van der Waals surface area contributed by atoms with Crippen molar-refractivity contribution in [3.8, 4) is 11.4 Å². The van der Waals surface area contributed by atoms with Gasteiger partial charge in [0, 0.05) is 48.3 Å². The summed E-state index contributed by atoms with van der Waals surface area (Å²) < 4.78 is 0. The molecular formula is C24H23Cl2N5O. The molecule has 1 spiro atoms. The Morgan fingerprint density at radius 1 is 1.06 bits per heavy atom. The Bertz CT molecular complexity index is 1120. The monoisotopic (exact) mass is 467 g/mol. The summed E-state index contributed by atoms with van der Waals surface area (Å²) in [7, 11) is 0. The summed E-state index contributed by atoms with van der Waals surface area (Å²) in [4.78, 5) is 28.8. The first kappa shape index (κ1) is 21.2. The van der Waals surface area contributed by atoms with Crippen LogP contribution in [0.25, 0.3) is 11.4 Å². The highest BCUT2D eigenvalue weighted by molar-refractivity contribution is 6.31. The van der Waals surface area contributed by atoms with Gasteiger partial charge in [0.05, 0.1) is 10.6 Å². The van der Waals surface area contributed by atoms with E-state index < -0.39 is 0 Å². The van der Waals surface area contributed by atoms with E-state index >= 15 is 0 Å². The number of halogens is 2. The van der Waals surface area contributed by atoms with E-state index in [1.165, 1.54) is 12.8 Å². The molecule has 1 saturated carbocycles. The number of likely N-dealkylation sites (tertiary alicyclic amines) is 1. The third-order valence-corrected chi connectivity index (χ3v) is 6.93. The van der Waals surface area contributed by atoms with Crippen molar-refractivity contribution in [1.29, 1.82) is 0 Å². The molecule has 0 unspecified atom stereocenters. The molecule has 1 amide bonds. The van der Waals surface area contributed by atoms with Gasteiger partial charge < -0.3 is 10.2 Å². The van der Waals surface area contributed by atoms with E-state index in [4.69, 9.17) is 23.2 Å². The lowest BCUT2D eigenvalue weighted by Crippen LogP contribution is -2.50. The number of hydrogen-bond acceptors (Lipinski definition) is 5. The molecule has 164 valence electrons. The average Bonchev–Trinajstić information content (AvgIpc) is 3.57. The Labute approximate surface area is 197 Å². The lowest BCUT2D eigenvalue weighted by atomic mass is 9.87. The van der Waals surface area contributed by atoms with E-state index in [-0.39, 0.29) is 11.9 Å². The van der Waals surface area contributed by atoms with Gasteiger partial charge in [-0.1, -0.05) is 23.2 Å². The smallest absolute Gasteiger partial charge is 0.254 e. The number of piperidine rings is 1. The van der Waals surface area contributed by atoms with Crippen LogP contribution in [0.3, 0.4) is 0 Å². The summed E-state index contributed by atoms with van der Waals surface area (Å²) >= 11 is 12.2. The zero-order valence-corrected chi connectivity index (χ0v) is 19.0. The molecule has 32 heavy (non-hydrogen) atoms. The molecule has 0 radical (unpaired) electrons. The van der Waals surface area contributed by atoms with Crippen molar-refractivity contribution < 1.29 is 4.79 Å². The van der Waals surface area contributed by atoms with Crippen LogP contribution in [0.2, 0.25) is 10.0 Å². The Morgan fingerprint density at radius 2 is 1.84 bits per heavy atom. The number of hydrogen-bond donors (Lipinski definition) is 1. The Kier molecular flexibility index (Phi) is 5.74. The third kappa shape index (κ3) is 4.43. The molecule has 2 fully saturated rings. The van der Waals surface area contributed by atoms with Crippen LogP contribution in [0, 0.1) is 5.41 Å². The Balaban J connectivity index is 1.42. The van der Waals surface area contributed by atoms with Gasteiger partial charge in [0.15, 0.2) is 5.82 Å². The third-order valence-electron chi connectivity index (χ3n) is 6.48. The number of nitrogens with zero attached hydrogens (tertiary/aromatic N) is 4. The molecule has 8 heteroatoms. The van der Waals surface area contributed by atoms with Gasteiger partial charge in [-0.3, -0.25) is 4.79 Å². The van der Waals surface area contributed by atoms with Crippen molar-refractivity contribution >= 4 is 34.9 Å². The van der Waals surface area contributed by atoms with E-state index in [0.717, 1.165) is 25.2 Å². The molecule has 1 aliphatic heterocycles. The van der Waals surface area contributed by atoms with E-state index in [2.05, 4.69) is 20.3 Å². The van der Waals surface area contributed by atoms with Gasteiger partial charge in [-0.05, 0) is 67.5 Å². The molecule has 2 aromatic heterocycles. The molecule has 3 aromatic rings. The zero-order valence-electron chi connectivity index (χ0n) is 17.5. The maximum absolute atomic E-state index is 13.8. The van der Waals surface area contributed by atoms with Crippen LogP contribution < -0.4 is 5.32 Å². The topological polar surface area (TPSA) is 71.0 Å². The van der Waals surface area contributed by atoms with Crippen LogP contribution in [0.1, 0.15) is 36.0 Å². The molecule has 1 saturated heterocycles. The van der Waals surface area contributed by atoms with Gasteiger partial charge in [-0.2, -0.15) is 0 Å². The van der Waals surface area contributed by atoms with Crippen LogP contribution in [-0.4, -0.2) is 44.9 Å². The molecule has 3 heterocycles. The summed E-state index contributed by atoms with van der Waals surface area (Å²) in [6, 6.07) is 10.8. The maximum atomic E-state index is 13.8. The lowest BCUT2D eigenvalue weighted by molar-refractivity contribution is 0.0546. The van der Waals surface area contributed by atoms with Crippen molar-refractivity contribution in [3.05, 3.63) is 70.6 Å². The van der Waals surface area contributed by atoms with Crippen LogP contribution in [-0.2, 0) is 0 Å². The summed E-state index contributed by atoms with van der Waals surface area (Å²) in [5.74, 6) is 1.22. The fourth-order valence-electron chi connectivity index (χ4n) is 4.52. The van der Waals surface area contributed by atoms with Crippen LogP contribution in [0.5, 0.6) is 0 Å². The second kappa shape index (κ2) is 8.68. The fourth-order valence-corrected chi connectivity index (χ4v) is 4.80. The highest BCUT2D eigenvalue weighted by atomic mass is 35.5. The van der Waals surface area contributed by atoms with Crippen LogP contribution in [0.4, 0.5) is 5.82 Å². The largest absolute Gasteiger partial charge is 0.368 e. The molecule has 2 aliphatic rings. The standard InChI is InChI=1S/C24H23Cl2N5O/c25-16-2-4-19(22-27-9-1-10-28-22)20(12-16)23(32)31-11-8-24(6-7-24)13-18(31)15-30-21-5-3-17(26)14-29-21/h1-5,9-10,12,14,18H,6-8,11,13,15H2,(H,29,30)/t18-/m0/s1. The second-order valence-electron chi connectivity index (χ2n) is 8.61. The summed E-state index contributed by atoms with van der Waals surface area (Å²) in [5.41, 5.74) is 1.61. The van der Waals surface area contributed by atoms with Crippen molar-refractivity contribution in [2.45, 2.75) is 31.7 Å². The number of carbonyl (C=O) groups excluding carboxylic acids is 1. The first-order valence-electron chi connectivity index (χ1n) is 10.8. The van der Waals surface area contributed by atoms with Crippen molar-refractivity contribution in [1.82, 2.24) is 19.9 Å². The van der Waals surface area contributed by atoms with E-state index in [9.17, 15) is 4.79 Å². The van der Waals surface area contributed by atoms with E-state index in [1.807, 2.05) is 17.0 Å². The predicted molar refractivity (Wildman–Crippen MR) is 126 cm³/mol. The summed E-state index contributed by atoms with van der Waals surface area (Å²) in [6.45, 7) is 1.35. The molecule has 1 N–H and O–H groups in total. The van der Waals surface area contributed by atoms with Gasteiger partial charge in [0.2, 0.25) is 0 Å². The number of amides is 1. The number of carbonyl (C=O) groups is 1. The van der Waals surface area contributed by atoms with Gasteiger partial charge in [-0.15, -0.1) is 0 Å². The SMILES string of the molecule is O=C(c1cc(Cl)ccc1-c1ncccn1)N1CCC2(CC2)C[C@H]1CNc1ccc(Cl)cn1. The minimum absolute atomic E-state index is 0.0404. The minimum atomic E-state index is -0.0404. The van der Waals surface area contributed by atoms with Crippen molar-refractivity contribution in [2.75, 3.05) is 18.4 Å². The number of anilines is 1. The van der Waals surface area contributed by atoms with Gasteiger partial charge in [0.25, 0.3) is 5.91 Å². The first-order chi connectivity index (χ1) is 15.5. The number of rotatable bonds is 5. The number of nitrogens with one attached hydrogen (secondary N) is 1. The van der Waals surface area contributed by atoms with E-state index in [0.29, 0.717) is 39.0 Å². The van der Waals surface area contributed by atoms with Gasteiger partial charge in [-0.25, -0.2) is 15.0 Å². The van der Waals surface area contributed by atoms with Gasteiger partial charge in [0.1, 0.15) is 5.82 Å². The molecular weight excluding hydrogens is 445 g/mol. The fraction of sp³-hybridized carbons (Fsp3) is 0.333. The second-order valence-corrected chi connectivity index (χ2v) is 9.48. The van der Waals surface area contributed by atoms with Gasteiger partial charge >= 0.3 is 0 Å². The molecule has 1 aromatic carbocycles. The maximum Gasteiger partial charge on any atom is 0.254 e. The van der Waals surface area contributed by atoms with Crippen LogP contribution >= 0.6 is 23.2 Å². The Morgan fingerprint density at radius 3 is 2.56 bits per heavy atom. The first-order valence-corrected chi connectivity index (χ1v) is 11.5. The summed E-state index contributed by atoms with van der Waals surface area (Å²) in [6.07, 6.45) is 9.47. The number of benzene rings is 1. The van der Waals surface area contributed by atoms with Crippen molar-refractivity contribution in [2.24, 2.45) is 5.41 Å². The molecule has 6 nitrogen and oxygen atoms in total. The molecule has 0 bridgehead atoms. The lowest BCUT2D eigenvalue weighted by Gasteiger charge is -2.40. The zero-order chi connectivity index (χ0) is 22.1. The molecule has 5 rings (SSSR count). The highest BCUT2D eigenvalue weighted by Crippen LogP contribution is 2.55. The normalized spacial score (nSPS) is 19.1. The predicted octanol–water partition coefficient (Wildman–Crippen LogP) is 5.34. The number of pyridine rings is 1. The minimum Gasteiger partial charge on any atom is -0.368 e. The molecule has 1 atom stereocenters. The van der Waals surface area contributed by atoms with E-state index in [1.54, 1.807) is 42.9 Å². The summed E-state index contributed by atoms with van der Waals surface area (Å²) in [5, 5.41) is 4.50. The number of aromatic nitrogens is 3. The van der Waals surface area contributed by atoms with Crippen molar-refractivity contribution in [3.63, 3.8) is 0 Å². The van der Waals surface area contributed by atoms with Crippen LogP contribution in [0.15, 0.2) is 55.0 Å². The highest BCUT2D eigenvalue weighted by Gasteiger charge is 2.49. The average molecular weight is 468 g/mol. The molecule has 1 aliphatic carbocycles.